The molecule has 0 bridgehead atoms. The molecule has 110 valence electrons. The van der Waals surface area contributed by atoms with Gasteiger partial charge < -0.3 is 10.2 Å². The zero-order chi connectivity index (χ0) is 14.6. The molecule has 1 atom stereocenters. The van der Waals surface area contributed by atoms with Crippen LogP contribution in [0.5, 0.6) is 0 Å². The van der Waals surface area contributed by atoms with Gasteiger partial charge in [-0.1, -0.05) is 47.5 Å². The van der Waals surface area contributed by atoms with Crippen LogP contribution in [0.2, 0.25) is 0 Å². The number of amides is 1. The summed E-state index contributed by atoms with van der Waals surface area (Å²) < 4.78 is 1.06. The van der Waals surface area contributed by atoms with Crippen molar-refractivity contribution in [3.05, 3.63) is 34.3 Å². The lowest BCUT2D eigenvalue weighted by molar-refractivity contribution is -0.140. The van der Waals surface area contributed by atoms with Crippen LogP contribution in [-0.2, 0) is 11.3 Å². The minimum atomic E-state index is -0.190. The quantitative estimate of drug-likeness (QED) is 0.894. The van der Waals surface area contributed by atoms with Gasteiger partial charge in [-0.15, -0.1) is 0 Å². The third-order valence-corrected chi connectivity index (χ3v) is 4.91. The van der Waals surface area contributed by atoms with Crippen molar-refractivity contribution < 1.29 is 4.79 Å². The van der Waals surface area contributed by atoms with Crippen LogP contribution in [0.1, 0.15) is 31.7 Å². The van der Waals surface area contributed by atoms with Gasteiger partial charge in [0, 0.05) is 24.6 Å². The lowest BCUT2D eigenvalue weighted by atomic mass is 9.81. The highest BCUT2D eigenvalue weighted by Gasteiger charge is 2.41. The van der Waals surface area contributed by atoms with Gasteiger partial charge >= 0.3 is 0 Å². The number of rotatable bonds is 5. The Balaban J connectivity index is 2.10. The standard InChI is InChI=1S/C16H23BrN2O/c1-3-8-16(9-10-18-12-16)15(20)19(2)11-13-6-4-5-7-14(13)17/h4-7,18H,3,8-12H2,1-2H3. The zero-order valence-electron chi connectivity index (χ0n) is 12.3. The number of nitrogens with zero attached hydrogens (tertiary/aromatic N) is 1. The van der Waals surface area contributed by atoms with Crippen LogP contribution < -0.4 is 5.32 Å². The highest BCUT2D eigenvalue weighted by molar-refractivity contribution is 9.10. The largest absolute Gasteiger partial charge is 0.341 e. The van der Waals surface area contributed by atoms with Crippen molar-refractivity contribution in [2.45, 2.75) is 32.7 Å². The molecule has 1 heterocycles. The smallest absolute Gasteiger partial charge is 0.230 e. The van der Waals surface area contributed by atoms with Crippen LogP contribution >= 0.6 is 15.9 Å². The monoisotopic (exact) mass is 338 g/mol. The highest BCUT2D eigenvalue weighted by atomic mass is 79.9. The predicted octanol–water partition coefficient (Wildman–Crippen LogP) is 3.19. The fourth-order valence-corrected chi connectivity index (χ4v) is 3.49. The van der Waals surface area contributed by atoms with Gasteiger partial charge in [0.15, 0.2) is 0 Å². The number of carbonyl (C=O) groups excluding carboxylic acids is 1. The van der Waals surface area contributed by atoms with E-state index in [1.807, 2.05) is 30.1 Å². The highest BCUT2D eigenvalue weighted by Crippen LogP contribution is 2.33. The molecule has 1 aliphatic rings. The molecule has 1 N–H and O–H groups in total. The predicted molar refractivity (Wildman–Crippen MR) is 85.4 cm³/mol. The van der Waals surface area contributed by atoms with E-state index in [2.05, 4.69) is 34.2 Å². The maximum atomic E-state index is 12.8. The van der Waals surface area contributed by atoms with Crippen LogP contribution in [0.3, 0.4) is 0 Å². The summed E-state index contributed by atoms with van der Waals surface area (Å²) >= 11 is 3.55. The number of hydrogen-bond acceptors (Lipinski definition) is 2. The fourth-order valence-electron chi connectivity index (χ4n) is 3.08. The summed E-state index contributed by atoms with van der Waals surface area (Å²) in [6.07, 6.45) is 2.98. The molecule has 0 spiro atoms. The second-order valence-electron chi connectivity index (χ2n) is 5.71. The third kappa shape index (κ3) is 3.23. The summed E-state index contributed by atoms with van der Waals surface area (Å²) in [7, 11) is 1.91. The molecular weight excluding hydrogens is 316 g/mol. The average molecular weight is 339 g/mol. The van der Waals surface area contributed by atoms with E-state index >= 15 is 0 Å². The van der Waals surface area contributed by atoms with Crippen molar-refractivity contribution in [1.82, 2.24) is 10.2 Å². The van der Waals surface area contributed by atoms with Crippen molar-refractivity contribution in [3.8, 4) is 0 Å². The molecule has 1 amide bonds. The molecule has 1 aromatic rings. The van der Waals surface area contributed by atoms with Crippen LogP contribution in [0.4, 0.5) is 0 Å². The summed E-state index contributed by atoms with van der Waals surface area (Å²) in [6.45, 7) is 4.58. The molecule has 1 unspecified atom stereocenters. The maximum absolute atomic E-state index is 12.8. The first-order chi connectivity index (χ1) is 9.59. The number of hydrogen-bond donors (Lipinski definition) is 1. The molecule has 3 nitrogen and oxygen atoms in total. The van der Waals surface area contributed by atoms with E-state index in [1.54, 1.807) is 0 Å². The molecule has 1 fully saturated rings. The number of halogens is 1. The second kappa shape index (κ2) is 6.72. The summed E-state index contributed by atoms with van der Waals surface area (Å²) in [5.74, 6) is 0.278. The van der Waals surface area contributed by atoms with E-state index in [4.69, 9.17) is 0 Å². The van der Waals surface area contributed by atoms with E-state index < -0.39 is 0 Å². The van der Waals surface area contributed by atoms with Crippen molar-refractivity contribution >= 4 is 21.8 Å². The van der Waals surface area contributed by atoms with Crippen molar-refractivity contribution in [3.63, 3.8) is 0 Å². The van der Waals surface area contributed by atoms with Crippen LogP contribution in [0.15, 0.2) is 28.7 Å². The third-order valence-electron chi connectivity index (χ3n) is 4.14. The maximum Gasteiger partial charge on any atom is 0.230 e. The molecule has 1 aromatic carbocycles. The Labute approximate surface area is 129 Å². The number of carbonyl (C=O) groups is 1. The number of benzene rings is 1. The van der Waals surface area contributed by atoms with Gasteiger partial charge in [-0.2, -0.15) is 0 Å². The first-order valence-corrected chi connectivity index (χ1v) is 8.08. The first-order valence-electron chi connectivity index (χ1n) is 7.29. The SMILES string of the molecule is CCCC1(C(=O)N(C)Cc2ccccc2Br)CCNC1. The molecule has 4 heteroatoms. The summed E-state index contributed by atoms with van der Waals surface area (Å²) in [5.41, 5.74) is 0.964. The molecule has 1 aliphatic heterocycles. The average Bonchev–Trinajstić information content (AvgIpc) is 2.90. The van der Waals surface area contributed by atoms with Gasteiger partial charge in [-0.3, -0.25) is 4.79 Å². The summed E-state index contributed by atoms with van der Waals surface area (Å²) in [5, 5.41) is 3.35. The Morgan fingerprint density at radius 3 is 2.80 bits per heavy atom. The Morgan fingerprint density at radius 1 is 1.45 bits per heavy atom. The van der Waals surface area contributed by atoms with Crippen LogP contribution in [-0.4, -0.2) is 30.9 Å². The molecule has 0 radical (unpaired) electrons. The lowest BCUT2D eigenvalue weighted by Gasteiger charge is -2.32. The van der Waals surface area contributed by atoms with Gasteiger partial charge in [0.2, 0.25) is 5.91 Å². The van der Waals surface area contributed by atoms with E-state index in [0.29, 0.717) is 6.54 Å². The van der Waals surface area contributed by atoms with Crippen molar-refractivity contribution in [1.29, 1.82) is 0 Å². The Kier molecular flexibility index (Phi) is 5.22. The lowest BCUT2D eigenvalue weighted by Crippen LogP contribution is -2.43. The molecule has 2 rings (SSSR count). The fraction of sp³-hybridized carbons (Fsp3) is 0.562. The minimum absolute atomic E-state index is 0.190. The van der Waals surface area contributed by atoms with Crippen molar-refractivity contribution in [2.75, 3.05) is 20.1 Å². The van der Waals surface area contributed by atoms with Gasteiger partial charge in [0.1, 0.15) is 0 Å². The normalized spacial score (nSPS) is 21.9. The van der Waals surface area contributed by atoms with Gasteiger partial charge in [0.05, 0.1) is 5.41 Å². The molecule has 1 saturated heterocycles. The van der Waals surface area contributed by atoms with E-state index in [9.17, 15) is 4.79 Å². The molecule has 20 heavy (non-hydrogen) atoms. The van der Waals surface area contributed by atoms with Gasteiger partial charge in [0.25, 0.3) is 0 Å². The van der Waals surface area contributed by atoms with Gasteiger partial charge in [-0.25, -0.2) is 0 Å². The second-order valence-corrected chi connectivity index (χ2v) is 6.56. The molecule has 0 aliphatic carbocycles. The molecule has 0 aromatic heterocycles. The van der Waals surface area contributed by atoms with E-state index in [1.165, 1.54) is 0 Å². The number of nitrogens with one attached hydrogen (secondary N) is 1. The Hall–Kier alpha value is -0.870. The van der Waals surface area contributed by atoms with E-state index in [-0.39, 0.29) is 11.3 Å². The summed E-state index contributed by atoms with van der Waals surface area (Å²) in [4.78, 5) is 14.7. The topological polar surface area (TPSA) is 32.3 Å². The molecule has 0 saturated carbocycles. The minimum Gasteiger partial charge on any atom is -0.341 e. The van der Waals surface area contributed by atoms with Crippen LogP contribution in [0.25, 0.3) is 0 Å². The first kappa shape index (κ1) is 15.5. The van der Waals surface area contributed by atoms with Crippen molar-refractivity contribution in [2.24, 2.45) is 5.41 Å². The molecular formula is C16H23BrN2O. The Bertz CT molecular complexity index is 469. The Morgan fingerprint density at radius 2 is 2.20 bits per heavy atom. The summed E-state index contributed by atoms with van der Waals surface area (Å²) in [6, 6.07) is 8.09. The van der Waals surface area contributed by atoms with E-state index in [0.717, 1.165) is 42.4 Å². The van der Waals surface area contributed by atoms with Gasteiger partial charge in [-0.05, 0) is 31.0 Å². The zero-order valence-corrected chi connectivity index (χ0v) is 13.9. The van der Waals surface area contributed by atoms with Crippen LogP contribution in [0, 0.1) is 5.41 Å².